The van der Waals surface area contributed by atoms with E-state index in [9.17, 15) is 4.79 Å². The lowest BCUT2D eigenvalue weighted by Crippen LogP contribution is -2.06. The van der Waals surface area contributed by atoms with Crippen LogP contribution in [0, 0.1) is 0 Å². The topological polar surface area (TPSA) is 99.5 Å². The second kappa shape index (κ2) is 6.84. The second-order valence-corrected chi connectivity index (χ2v) is 5.75. The van der Waals surface area contributed by atoms with Crippen molar-refractivity contribution in [2.75, 3.05) is 14.2 Å². The standard InChI is InChI=1S/C17H19N3O5/c1-9(2)16-19-14(25-20-16)8-24-17(21)12-6-10-5-11(22-3)7-13(23-4)15(10)18-12/h5-7,9,18H,8H2,1-4H3. The Morgan fingerprint density at radius 3 is 2.68 bits per heavy atom. The first-order chi connectivity index (χ1) is 12.0. The second-order valence-electron chi connectivity index (χ2n) is 5.75. The molecule has 0 saturated carbocycles. The molecule has 0 amide bonds. The van der Waals surface area contributed by atoms with Crippen molar-refractivity contribution < 1.29 is 23.5 Å². The largest absolute Gasteiger partial charge is 0.497 e. The smallest absolute Gasteiger partial charge is 0.355 e. The van der Waals surface area contributed by atoms with Crippen LogP contribution in [0.25, 0.3) is 10.9 Å². The van der Waals surface area contributed by atoms with Crippen LogP contribution in [0.15, 0.2) is 22.7 Å². The third-order valence-corrected chi connectivity index (χ3v) is 3.67. The number of benzene rings is 1. The average Bonchev–Trinajstić information content (AvgIpc) is 3.25. The monoisotopic (exact) mass is 345 g/mol. The summed E-state index contributed by atoms with van der Waals surface area (Å²) in [5, 5.41) is 4.61. The van der Waals surface area contributed by atoms with Crippen LogP contribution >= 0.6 is 0 Å². The van der Waals surface area contributed by atoms with E-state index in [0.29, 0.717) is 28.5 Å². The number of hydrogen-bond acceptors (Lipinski definition) is 7. The molecular weight excluding hydrogens is 326 g/mol. The summed E-state index contributed by atoms with van der Waals surface area (Å²) in [5.74, 6) is 1.66. The highest BCUT2D eigenvalue weighted by Gasteiger charge is 2.17. The third kappa shape index (κ3) is 3.42. The fourth-order valence-electron chi connectivity index (χ4n) is 2.34. The van der Waals surface area contributed by atoms with Crippen molar-refractivity contribution in [2.45, 2.75) is 26.4 Å². The molecule has 0 fully saturated rings. The maximum Gasteiger partial charge on any atom is 0.355 e. The molecule has 0 radical (unpaired) electrons. The van der Waals surface area contributed by atoms with E-state index >= 15 is 0 Å². The molecule has 2 aromatic heterocycles. The number of fused-ring (bicyclic) bond motifs is 1. The predicted molar refractivity (Wildman–Crippen MR) is 88.9 cm³/mol. The van der Waals surface area contributed by atoms with E-state index in [0.717, 1.165) is 5.39 Å². The molecule has 0 spiro atoms. The number of esters is 1. The lowest BCUT2D eigenvalue weighted by atomic mass is 10.2. The van der Waals surface area contributed by atoms with E-state index in [1.165, 1.54) is 0 Å². The number of aromatic nitrogens is 3. The molecule has 0 aliphatic carbocycles. The molecule has 0 aliphatic rings. The van der Waals surface area contributed by atoms with E-state index in [4.69, 9.17) is 18.7 Å². The van der Waals surface area contributed by atoms with E-state index < -0.39 is 5.97 Å². The van der Waals surface area contributed by atoms with Gasteiger partial charge in [0, 0.05) is 17.4 Å². The van der Waals surface area contributed by atoms with Crippen LogP contribution in [0.1, 0.15) is 42.0 Å². The van der Waals surface area contributed by atoms with Crippen LogP contribution in [-0.4, -0.2) is 35.3 Å². The molecule has 0 saturated heterocycles. The summed E-state index contributed by atoms with van der Waals surface area (Å²) in [5.41, 5.74) is 0.986. The van der Waals surface area contributed by atoms with Crippen LogP contribution in [0.2, 0.25) is 0 Å². The molecule has 3 rings (SSSR count). The molecule has 1 N–H and O–H groups in total. The van der Waals surface area contributed by atoms with Crippen LogP contribution in [-0.2, 0) is 11.3 Å². The lowest BCUT2D eigenvalue weighted by Gasteiger charge is -2.05. The van der Waals surface area contributed by atoms with Crippen molar-refractivity contribution in [1.29, 1.82) is 0 Å². The molecule has 8 nitrogen and oxygen atoms in total. The molecular formula is C17H19N3O5. The van der Waals surface area contributed by atoms with Crippen LogP contribution in [0.4, 0.5) is 0 Å². The number of rotatable bonds is 6. The highest BCUT2D eigenvalue weighted by molar-refractivity contribution is 5.97. The Bertz CT molecular complexity index is 897. The molecule has 1 aromatic carbocycles. The molecule has 0 atom stereocenters. The number of methoxy groups -OCH3 is 2. The molecule has 2 heterocycles. The summed E-state index contributed by atoms with van der Waals surface area (Å²) in [7, 11) is 3.12. The first-order valence-electron chi connectivity index (χ1n) is 7.76. The maximum atomic E-state index is 12.3. The van der Waals surface area contributed by atoms with Crippen molar-refractivity contribution in [3.05, 3.63) is 35.6 Å². The van der Waals surface area contributed by atoms with E-state index in [2.05, 4.69) is 15.1 Å². The summed E-state index contributed by atoms with van der Waals surface area (Å²) in [6.45, 7) is 3.81. The zero-order valence-corrected chi connectivity index (χ0v) is 14.5. The minimum Gasteiger partial charge on any atom is -0.497 e. The van der Waals surface area contributed by atoms with Gasteiger partial charge in [-0.25, -0.2) is 4.79 Å². The van der Waals surface area contributed by atoms with E-state index in [-0.39, 0.29) is 18.4 Å². The van der Waals surface area contributed by atoms with Gasteiger partial charge in [0.05, 0.1) is 19.7 Å². The summed E-state index contributed by atoms with van der Waals surface area (Å²) >= 11 is 0. The number of aromatic amines is 1. The molecule has 0 aliphatic heterocycles. The first kappa shape index (κ1) is 16.8. The number of hydrogen-bond donors (Lipinski definition) is 1. The highest BCUT2D eigenvalue weighted by Crippen LogP contribution is 2.31. The lowest BCUT2D eigenvalue weighted by molar-refractivity contribution is 0.0424. The van der Waals surface area contributed by atoms with E-state index in [1.807, 2.05) is 13.8 Å². The van der Waals surface area contributed by atoms with Gasteiger partial charge < -0.3 is 23.7 Å². The van der Waals surface area contributed by atoms with Gasteiger partial charge in [-0.15, -0.1) is 0 Å². The van der Waals surface area contributed by atoms with Gasteiger partial charge in [-0.1, -0.05) is 19.0 Å². The molecule has 132 valence electrons. The Kier molecular flexibility index (Phi) is 4.60. The average molecular weight is 345 g/mol. The normalized spacial score (nSPS) is 11.1. The Morgan fingerprint density at radius 2 is 2.04 bits per heavy atom. The minimum absolute atomic E-state index is 0.0889. The zero-order chi connectivity index (χ0) is 18.0. The van der Waals surface area contributed by atoms with Gasteiger partial charge in [0.1, 0.15) is 17.2 Å². The van der Waals surface area contributed by atoms with Gasteiger partial charge in [0.25, 0.3) is 5.89 Å². The Morgan fingerprint density at radius 1 is 1.24 bits per heavy atom. The Balaban J connectivity index is 1.77. The van der Waals surface area contributed by atoms with Crippen molar-refractivity contribution >= 4 is 16.9 Å². The van der Waals surface area contributed by atoms with E-state index in [1.54, 1.807) is 32.4 Å². The SMILES string of the molecule is COc1cc(OC)c2[nH]c(C(=O)OCc3nc(C(C)C)no3)cc2c1. The molecule has 0 unspecified atom stereocenters. The van der Waals surface area contributed by atoms with Gasteiger partial charge >= 0.3 is 5.97 Å². The molecule has 25 heavy (non-hydrogen) atoms. The summed E-state index contributed by atoms with van der Waals surface area (Å²) in [6.07, 6.45) is 0. The van der Waals surface area contributed by atoms with Crippen LogP contribution < -0.4 is 9.47 Å². The Labute approximate surface area is 144 Å². The molecule has 8 heteroatoms. The number of nitrogens with zero attached hydrogens (tertiary/aromatic N) is 2. The van der Waals surface area contributed by atoms with Crippen molar-refractivity contribution in [2.24, 2.45) is 0 Å². The third-order valence-electron chi connectivity index (χ3n) is 3.67. The fraction of sp³-hybridized carbons (Fsp3) is 0.353. The number of carbonyl (C=O) groups is 1. The summed E-state index contributed by atoms with van der Waals surface area (Å²) in [6, 6.07) is 5.22. The highest BCUT2D eigenvalue weighted by atomic mass is 16.6. The molecule has 3 aromatic rings. The van der Waals surface area contributed by atoms with Gasteiger partial charge in [0.15, 0.2) is 12.4 Å². The van der Waals surface area contributed by atoms with Crippen LogP contribution in [0.5, 0.6) is 11.5 Å². The van der Waals surface area contributed by atoms with Crippen molar-refractivity contribution in [1.82, 2.24) is 15.1 Å². The van der Waals surface area contributed by atoms with Crippen molar-refractivity contribution in [3.8, 4) is 11.5 Å². The number of ether oxygens (including phenoxy) is 3. The first-order valence-corrected chi connectivity index (χ1v) is 7.76. The van der Waals surface area contributed by atoms with Gasteiger partial charge in [0.2, 0.25) is 0 Å². The number of nitrogens with one attached hydrogen (secondary N) is 1. The number of H-pyrrole nitrogens is 1. The number of carbonyl (C=O) groups excluding carboxylic acids is 1. The summed E-state index contributed by atoms with van der Waals surface area (Å²) in [4.78, 5) is 19.4. The maximum absolute atomic E-state index is 12.3. The van der Waals surface area contributed by atoms with Crippen LogP contribution in [0.3, 0.4) is 0 Å². The minimum atomic E-state index is -0.526. The van der Waals surface area contributed by atoms with Gasteiger partial charge in [-0.3, -0.25) is 0 Å². The fourth-order valence-corrected chi connectivity index (χ4v) is 2.34. The van der Waals surface area contributed by atoms with Gasteiger partial charge in [-0.05, 0) is 12.1 Å². The predicted octanol–water partition coefficient (Wildman–Crippen LogP) is 3.05. The molecule has 0 bridgehead atoms. The Hall–Kier alpha value is -3.03. The van der Waals surface area contributed by atoms with Crippen molar-refractivity contribution in [3.63, 3.8) is 0 Å². The quantitative estimate of drug-likeness (QED) is 0.685. The zero-order valence-electron chi connectivity index (χ0n) is 14.5. The van der Waals surface area contributed by atoms with Gasteiger partial charge in [-0.2, -0.15) is 4.98 Å². The summed E-state index contributed by atoms with van der Waals surface area (Å²) < 4.78 is 20.8.